The molecule has 0 radical (unpaired) electrons. The highest BCUT2D eigenvalue weighted by Crippen LogP contribution is 2.41. The van der Waals surface area contributed by atoms with Gasteiger partial charge in [-0.2, -0.15) is 0 Å². The average molecular weight is 353 g/mol. The second-order valence-corrected chi connectivity index (χ2v) is 8.27. The normalized spacial score (nSPS) is 23.3. The van der Waals surface area contributed by atoms with Crippen molar-refractivity contribution >= 4 is 0 Å². The zero-order valence-corrected chi connectivity index (χ0v) is 16.6. The van der Waals surface area contributed by atoms with Gasteiger partial charge in [0.2, 0.25) is 0 Å². The van der Waals surface area contributed by atoms with Crippen molar-refractivity contribution in [1.82, 2.24) is 0 Å². The monoisotopic (exact) mass is 352 g/mol. The van der Waals surface area contributed by atoms with Crippen LogP contribution >= 0.6 is 0 Å². The predicted octanol–water partition coefficient (Wildman–Crippen LogP) is 4.22. The van der Waals surface area contributed by atoms with Gasteiger partial charge >= 0.3 is 0 Å². The van der Waals surface area contributed by atoms with Gasteiger partial charge in [-0.3, -0.25) is 0 Å². The Bertz CT molecular complexity index is 664. The van der Waals surface area contributed by atoms with Crippen LogP contribution in [0.5, 0.6) is 0 Å². The first-order valence-corrected chi connectivity index (χ1v) is 10.1. The third kappa shape index (κ3) is 4.75. The van der Waals surface area contributed by atoms with Gasteiger partial charge in [-0.25, -0.2) is 0 Å². The predicted molar refractivity (Wildman–Crippen MR) is 108 cm³/mol. The highest BCUT2D eigenvalue weighted by molar-refractivity contribution is 5.29. The zero-order chi connectivity index (χ0) is 18.4. The number of quaternary nitrogens is 1. The highest BCUT2D eigenvalue weighted by atomic mass is 16.5. The Kier molecular flexibility index (Phi) is 6.50. The molecule has 0 aromatic heterocycles. The standard InChI is InChI=1S/C24H33NO/c1-19(2)23-17-24(14-16-26-23,22-11-9-20(3)10-12-22)13-15-25-18-21-7-5-4-6-8-21/h4-12,19,23,25H,13-18H2,1-3H3/p+1/t23-,24-/m0/s1. The van der Waals surface area contributed by atoms with E-state index in [2.05, 4.69) is 80.7 Å². The molecule has 2 N–H and O–H groups in total. The lowest BCUT2D eigenvalue weighted by Crippen LogP contribution is -2.83. The topological polar surface area (TPSA) is 25.8 Å². The summed E-state index contributed by atoms with van der Waals surface area (Å²) in [5, 5.41) is 2.46. The van der Waals surface area contributed by atoms with E-state index in [-0.39, 0.29) is 5.41 Å². The van der Waals surface area contributed by atoms with Crippen LogP contribution in [0, 0.1) is 12.8 Å². The molecule has 0 bridgehead atoms. The number of hydrogen-bond acceptors (Lipinski definition) is 1. The molecule has 0 amide bonds. The molecule has 3 rings (SSSR count). The summed E-state index contributed by atoms with van der Waals surface area (Å²) in [4.78, 5) is 0. The minimum Gasteiger partial charge on any atom is -0.378 e. The minimum absolute atomic E-state index is 0.258. The number of benzene rings is 2. The first-order valence-electron chi connectivity index (χ1n) is 10.1. The van der Waals surface area contributed by atoms with E-state index in [4.69, 9.17) is 4.74 Å². The summed E-state index contributed by atoms with van der Waals surface area (Å²) in [5.41, 5.74) is 4.51. The van der Waals surface area contributed by atoms with Crippen molar-refractivity contribution in [3.05, 3.63) is 71.3 Å². The maximum Gasteiger partial charge on any atom is 0.101 e. The molecule has 1 aliphatic heterocycles. The second kappa shape index (κ2) is 8.83. The number of rotatable bonds is 7. The fraction of sp³-hybridized carbons (Fsp3) is 0.500. The van der Waals surface area contributed by atoms with Crippen molar-refractivity contribution in [3.63, 3.8) is 0 Å². The summed E-state index contributed by atoms with van der Waals surface area (Å²) in [6.07, 6.45) is 3.88. The van der Waals surface area contributed by atoms with Gasteiger partial charge in [0.05, 0.1) is 12.6 Å². The number of nitrogens with two attached hydrogens (primary N) is 1. The van der Waals surface area contributed by atoms with E-state index in [1.165, 1.54) is 23.1 Å². The van der Waals surface area contributed by atoms with E-state index < -0.39 is 0 Å². The van der Waals surface area contributed by atoms with Crippen molar-refractivity contribution in [2.75, 3.05) is 13.2 Å². The number of aryl methyl sites for hydroxylation is 1. The molecule has 2 atom stereocenters. The van der Waals surface area contributed by atoms with Gasteiger partial charge in [-0.15, -0.1) is 0 Å². The Morgan fingerprint density at radius 1 is 1.08 bits per heavy atom. The summed E-state index contributed by atoms with van der Waals surface area (Å²) >= 11 is 0. The van der Waals surface area contributed by atoms with Crippen LogP contribution in [0.15, 0.2) is 54.6 Å². The summed E-state index contributed by atoms with van der Waals surface area (Å²) < 4.78 is 6.11. The van der Waals surface area contributed by atoms with Crippen LogP contribution in [0.4, 0.5) is 0 Å². The highest BCUT2D eigenvalue weighted by Gasteiger charge is 2.39. The van der Waals surface area contributed by atoms with Crippen molar-refractivity contribution < 1.29 is 10.1 Å². The lowest BCUT2D eigenvalue weighted by atomic mass is 9.68. The van der Waals surface area contributed by atoms with Gasteiger partial charge in [0.25, 0.3) is 0 Å². The van der Waals surface area contributed by atoms with Crippen LogP contribution in [0.1, 0.15) is 49.8 Å². The van der Waals surface area contributed by atoms with E-state index in [1.807, 2.05) is 0 Å². The van der Waals surface area contributed by atoms with E-state index in [0.29, 0.717) is 12.0 Å². The van der Waals surface area contributed by atoms with Crippen molar-refractivity contribution in [1.29, 1.82) is 0 Å². The Morgan fingerprint density at radius 3 is 2.50 bits per heavy atom. The molecule has 0 saturated carbocycles. The van der Waals surface area contributed by atoms with Gasteiger partial charge < -0.3 is 10.1 Å². The average Bonchev–Trinajstić information content (AvgIpc) is 2.67. The van der Waals surface area contributed by atoms with Crippen LogP contribution in [0.2, 0.25) is 0 Å². The molecule has 2 heteroatoms. The van der Waals surface area contributed by atoms with Crippen molar-refractivity contribution in [3.8, 4) is 0 Å². The molecule has 0 spiro atoms. The Balaban J connectivity index is 1.69. The van der Waals surface area contributed by atoms with E-state index in [9.17, 15) is 0 Å². The molecule has 1 saturated heterocycles. The molecular weight excluding hydrogens is 318 g/mol. The maximum absolute atomic E-state index is 6.11. The van der Waals surface area contributed by atoms with Gasteiger partial charge in [-0.1, -0.05) is 74.0 Å². The van der Waals surface area contributed by atoms with Crippen molar-refractivity contribution in [2.24, 2.45) is 5.92 Å². The molecule has 1 fully saturated rings. The van der Waals surface area contributed by atoms with E-state index >= 15 is 0 Å². The fourth-order valence-electron chi connectivity index (χ4n) is 4.18. The second-order valence-electron chi connectivity index (χ2n) is 8.27. The SMILES string of the molecule is Cc1ccc([C@@]2(CC[NH2+]Cc3ccccc3)CCO[C@H](C(C)C)C2)cc1. The Labute approximate surface area is 159 Å². The first-order chi connectivity index (χ1) is 12.6. The largest absolute Gasteiger partial charge is 0.378 e. The van der Waals surface area contributed by atoms with Crippen molar-refractivity contribution in [2.45, 2.75) is 58.1 Å². The summed E-state index contributed by atoms with van der Waals surface area (Å²) in [7, 11) is 0. The molecule has 0 aliphatic carbocycles. The van der Waals surface area contributed by atoms with Gasteiger partial charge in [-0.05, 0) is 31.2 Å². The van der Waals surface area contributed by atoms with Gasteiger partial charge in [0, 0.05) is 24.0 Å². The maximum atomic E-state index is 6.11. The van der Waals surface area contributed by atoms with Gasteiger partial charge in [0.1, 0.15) is 6.54 Å². The van der Waals surface area contributed by atoms with E-state index in [0.717, 1.165) is 32.5 Å². The minimum atomic E-state index is 0.258. The van der Waals surface area contributed by atoms with Crippen LogP contribution in [0.3, 0.4) is 0 Å². The molecule has 2 aromatic carbocycles. The Morgan fingerprint density at radius 2 is 1.81 bits per heavy atom. The summed E-state index contributed by atoms with van der Waals surface area (Å²) in [6.45, 7) is 9.86. The number of ether oxygens (including phenoxy) is 1. The van der Waals surface area contributed by atoms with Crippen LogP contribution < -0.4 is 5.32 Å². The molecular formula is C24H34NO+. The molecule has 1 aliphatic rings. The molecule has 140 valence electrons. The lowest BCUT2D eigenvalue weighted by molar-refractivity contribution is -0.671. The molecule has 0 unspecified atom stereocenters. The zero-order valence-electron chi connectivity index (χ0n) is 16.6. The fourth-order valence-corrected chi connectivity index (χ4v) is 4.18. The van der Waals surface area contributed by atoms with Crippen LogP contribution in [-0.2, 0) is 16.7 Å². The van der Waals surface area contributed by atoms with E-state index in [1.54, 1.807) is 0 Å². The number of hydrogen-bond donors (Lipinski definition) is 1. The summed E-state index contributed by atoms with van der Waals surface area (Å²) in [5.74, 6) is 0.577. The van der Waals surface area contributed by atoms with Crippen LogP contribution in [-0.4, -0.2) is 19.3 Å². The molecule has 2 aromatic rings. The lowest BCUT2D eigenvalue weighted by Gasteiger charge is -2.42. The smallest absolute Gasteiger partial charge is 0.101 e. The molecule has 1 heterocycles. The Hall–Kier alpha value is -1.64. The third-order valence-electron chi connectivity index (χ3n) is 5.96. The quantitative estimate of drug-likeness (QED) is 0.742. The van der Waals surface area contributed by atoms with Crippen LogP contribution in [0.25, 0.3) is 0 Å². The molecule has 2 nitrogen and oxygen atoms in total. The van der Waals surface area contributed by atoms with Gasteiger partial charge in [0.15, 0.2) is 0 Å². The summed E-state index contributed by atoms with van der Waals surface area (Å²) in [6, 6.07) is 20.0. The molecule has 26 heavy (non-hydrogen) atoms. The first kappa shape index (κ1) is 19.1. The third-order valence-corrected chi connectivity index (χ3v) is 5.96.